The molecule has 1 amide bonds. The highest BCUT2D eigenvalue weighted by Crippen LogP contribution is 2.20. The van der Waals surface area contributed by atoms with Gasteiger partial charge in [0.1, 0.15) is 11.5 Å². The maximum absolute atomic E-state index is 12.9. The smallest absolute Gasteiger partial charge is 0.272 e. The van der Waals surface area contributed by atoms with Crippen LogP contribution in [0.4, 0.5) is 5.82 Å². The minimum Gasteiger partial charge on any atom is -0.366 e. The van der Waals surface area contributed by atoms with Crippen LogP contribution in [0.3, 0.4) is 0 Å². The number of nitrogens with zero attached hydrogens (tertiary/aromatic N) is 4. The van der Waals surface area contributed by atoms with Crippen LogP contribution in [0.2, 0.25) is 0 Å². The number of benzene rings is 1. The fourth-order valence-electron chi connectivity index (χ4n) is 3.14. The van der Waals surface area contributed by atoms with Crippen molar-refractivity contribution in [1.82, 2.24) is 19.9 Å². The van der Waals surface area contributed by atoms with Crippen molar-refractivity contribution in [3.8, 4) is 11.4 Å². The molecule has 0 bridgehead atoms. The van der Waals surface area contributed by atoms with Gasteiger partial charge in [-0.15, -0.1) is 0 Å². The molecule has 27 heavy (non-hydrogen) atoms. The minimum absolute atomic E-state index is 0.0287. The number of carbonyl (C=O) groups excluding carboxylic acids is 1. The molecule has 0 unspecified atom stereocenters. The summed E-state index contributed by atoms with van der Waals surface area (Å²) >= 11 is 0. The third-order valence-corrected chi connectivity index (χ3v) is 4.59. The molecule has 3 aromatic rings. The van der Waals surface area contributed by atoms with Crippen LogP contribution in [-0.4, -0.2) is 38.8 Å². The zero-order valence-corrected chi connectivity index (χ0v) is 15.0. The molecule has 1 fully saturated rings. The van der Waals surface area contributed by atoms with Gasteiger partial charge in [0.05, 0.1) is 0 Å². The van der Waals surface area contributed by atoms with E-state index < -0.39 is 0 Å². The number of pyridine rings is 1. The van der Waals surface area contributed by atoms with Crippen molar-refractivity contribution in [1.29, 1.82) is 0 Å². The third kappa shape index (κ3) is 4.11. The molecule has 3 heterocycles. The number of hydrogen-bond donors (Lipinski definition) is 1. The lowest BCUT2D eigenvalue weighted by molar-refractivity contribution is 0.0787. The molecule has 6 heteroatoms. The molecule has 1 aliphatic heterocycles. The first-order chi connectivity index (χ1) is 13.3. The van der Waals surface area contributed by atoms with Gasteiger partial charge in [-0.3, -0.25) is 9.78 Å². The molecule has 1 aromatic carbocycles. The molecule has 0 atom stereocenters. The maximum Gasteiger partial charge on any atom is 0.272 e. The number of carbonyl (C=O) groups is 1. The Hall–Kier alpha value is -3.28. The fraction of sp³-hybridized carbons (Fsp3) is 0.238. The standard InChI is InChI=1S/C21H21N5O/c27-21(26-12-4-5-13-26)18-14-19(23-15-16-8-10-22-11-9-16)25-20(24-18)17-6-2-1-3-7-17/h1-3,6-11,14H,4-5,12-13,15H2,(H,23,24,25). The predicted molar refractivity (Wildman–Crippen MR) is 104 cm³/mol. The first kappa shape index (κ1) is 17.1. The second kappa shape index (κ2) is 7.95. The average molecular weight is 359 g/mol. The van der Waals surface area contributed by atoms with Crippen molar-refractivity contribution in [2.45, 2.75) is 19.4 Å². The molecule has 2 aromatic heterocycles. The summed E-state index contributed by atoms with van der Waals surface area (Å²) in [5, 5.41) is 3.31. The summed E-state index contributed by atoms with van der Waals surface area (Å²) in [4.78, 5) is 27.9. The van der Waals surface area contributed by atoms with E-state index in [0.29, 0.717) is 23.9 Å². The van der Waals surface area contributed by atoms with Crippen LogP contribution in [0.1, 0.15) is 28.9 Å². The largest absolute Gasteiger partial charge is 0.366 e. The van der Waals surface area contributed by atoms with E-state index in [2.05, 4.69) is 20.3 Å². The molecule has 1 N–H and O–H groups in total. The first-order valence-corrected chi connectivity index (χ1v) is 9.16. The fourth-order valence-corrected chi connectivity index (χ4v) is 3.14. The van der Waals surface area contributed by atoms with Gasteiger partial charge in [-0.05, 0) is 30.5 Å². The molecule has 136 valence electrons. The monoisotopic (exact) mass is 359 g/mol. The molecule has 1 aliphatic rings. The number of nitrogens with one attached hydrogen (secondary N) is 1. The highest BCUT2D eigenvalue weighted by Gasteiger charge is 2.22. The van der Waals surface area contributed by atoms with E-state index in [1.54, 1.807) is 18.5 Å². The number of aromatic nitrogens is 3. The molecule has 0 saturated carbocycles. The van der Waals surface area contributed by atoms with Gasteiger partial charge >= 0.3 is 0 Å². The van der Waals surface area contributed by atoms with Gasteiger partial charge in [0.2, 0.25) is 0 Å². The lowest BCUT2D eigenvalue weighted by Crippen LogP contribution is -2.28. The Morgan fingerprint density at radius 3 is 2.48 bits per heavy atom. The van der Waals surface area contributed by atoms with Crippen molar-refractivity contribution >= 4 is 11.7 Å². The number of anilines is 1. The van der Waals surface area contributed by atoms with E-state index in [1.807, 2.05) is 47.4 Å². The van der Waals surface area contributed by atoms with E-state index >= 15 is 0 Å². The molecule has 0 radical (unpaired) electrons. The van der Waals surface area contributed by atoms with Crippen molar-refractivity contribution in [3.63, 3.8) is 0 Å². The van der Waals surface area contributed by atoms with Gasteiger partial charge in [0.15, 0.2) is 5.82 Å². The van der Waals surface area contributed by atoms with Crippen molar-refractivity contribution in [2.24, 2.45) is 0 Å². The van der Waals surface area contributed by atoms with Crippen LogP contribution in [-0.2, 0) is 6.54 Å². The topological polar surface area (TPSA) is 71.0 Å². The van der Waals surface area contributed by atoms with E-state index in [0.717, 1.165) is 37.1 Å². The second-order valence-corrected chi connectivity index (χ2v) is 6.54. The van der Waals surface area contributed by atoms with E-state index in [4.69, 9.17) is 0 Å². The minimum atomic E-state index is -0.0287. The number of amides is 1. The molecule has 6 nitrogen and oxygen atoms in total. The van der Waals surface area contributed by atoms with Gasteiger partial charge in [0, 0.05) is 43.7 Å². The number of likely N-dealkylation sites (tertiary alicyclic amines) is 1. The third-order valence-electron chi connectivity index (χ3n) is 4.59. The summed E-state index contributed by atoms with van der Waals surface area (Å²) in [6.07, 6.45) is 5.62. The van der Waals surface area contributed by atoms with Crippen LogP contribution in [0.5, 0.6) is 0 Å². The summed E-state index contributed by atoms with van der Waals surface area (Å²) in [6, 6.07) is 15.4. The summed E-state index contributed by atoms with van der Waals surface area (Å²) in [7, 11) is 0. The van der Waals surface area contributed by atoms with Gasteiger partial charge in [-0.1, -0.05) is 30.3 Å². The molecular formula is C21H21N5O. The van der Waals surface area contributed by atoms with Crippen molar-refractivity contribution in [3.05, 3.63) is 72.2 Å². The highest BCUT2D eigenvalue weighted by molar-refractivity contribution is 5.93. The zero-order valence-electron chi connectivity index (χ0n) is 15.0. The quantitative estimate of drug-likeness (QED) is 0.756. The Labute approximate surface area is 158 Å². The lowest BCUT2D eigenvalue weighted by atomic mass is 10.2. The summed E-state index contributed by atoms with van der Waals surface area (Å²) < 4.78 is 0. The van der Waals surface area contributed by atoms with Gasteiger partial charge in [-0.2, -0.15) is 0 Å². The SMILES string of the molecule is O=C(c1cc(NCc2ccncc2)nc(-c2ccccc2)n1)N1CCCC1. The normalized spacial score (nSPS) is 13.6. The molecule has 4 rings (SSSR count). The molecule has 1 saturated heterocycles. The van der Waals surface area contributed by atoms with Crippen LogP contribution in [0.15, 0.2) is 60.9 Å². The van der Waals surface area contributed by atoms with Crippen LogP contribution in [0, 0.1) is 0 Å². The van der Waals surface area contributed by atoms with E-state index in [1.165, 1.54) is 0 Å². The number of hydrogen-bond acceptors (Lipinski definition) is 5. The summed E-state index contributed by atoms with van der Waals surface area (Å²) in [5.74, 6) is 1.17. The molecule has 0 aliphatic carbocycles. The van der Waals surface area contributed by atoms with Gasteiger partial charge in [-0.25, -0.2) is 9.97 Å². The van der Waals surface area contributed by atoms with Crippen molar-refractivity contribution < 1.29 is 4.79 Å². The average Bonchev–Trinajstić information content (AvgIpc) is 3.28. The Morgan fingerprint density at radius 2 is 1.74 bits per heavy atom. The highest BCUT2D eigenvalue weighted by atomic mass is 16.2. The molecule has 0 spiro atoms. The Balaban J connectivity index is 1.64. The van der Waals surface area contributed by atoms with Crippen LogP contribution < -0.4 is 5.32 Å². The lowest BCUT2D eigenvalue weighted by Gasteiger charge is -2.16. The van der Waals surface area contributed by atoms with Crippen molar-refractivity contribution in [2.75, 3.05) is 18.4 Å². The first-order valence-electron chi connectivity index (χ1n) is 9.16. The van der Waals surface area contributed by atoms with Gasteiger partial charge in [0.25, 0.3) is 5.91 Å². The number of rotatable bonds is 5. The molecular weight excluding hydrogens is 338 g/mol. The summed E-state index contributed by atoms with van der Waals surface area (Å²) in [5.41, 5.74) is 2.42. The maximum atomic E-state index is 12.9. The van der Waals surface area contributed by atoms with E-state index in [-0.39, 0.29) is 5.91 Å². The zero-order chi connectivity index (χ0) is 18.5. The summed E-state index contributed by atoms with van der Waals surface area (Å²) in [6.45, 7) is 2.19. The Bertz CT molecular complexity index is 908. The predicted octanol–water partition coefficient (Wildman–Crippen LogP) is 3.39. The Morgan fingerprint density at radius 1 is 1.00 bits per heavy atom. The Kier molecular flexibility index (Phi) is 5.05. The van der Waals surface area contributed by atoms with Crippen LogP contribution in [0.25, 0.3) is 11.4 Å². The second-order valence-electron chi connectivity index (χ2n) is 6.54. The van der Waals surface area contributed by atoms with Crippen LogP contribution >= 0.6 is 0 Å². The van der Waals surface area contributed by atoms with E-state index in [9.17, 15) is 4.79 Å². The van der Waals surface area contributed by atoms with Gasteiger partial charge < -0.3 is 10.2 Å².